The molecule has 1 aliphatic heterocycles. The third kappa shape index (κ3) is 11.9. The molecule has 2 aliphatic rings. The lowest BCUT2D eigenvalue weighted by Crippen LogP contribution is -2.48. The van der Waals surface area contributed by atoms with Crippen molar-refractivity contribution in [2.75, 3.05) is 30.3 Å². The van der Waals surface area contributed by atoms with Crippen molar-refractivity contribution < 1.29 is 33.8 Å². The van der Waals surface area contributed by atoms with Gasteiger partial charge in [-0.05, 0) is 130 Å². The zero-order valence-electron chi connectivity index (χ0n) is 33.9. The number of nitrogens with zero attached hydrogens (tertiary/aromatic N) is 4. The van der Waals surface area contributed by atoms with E-state index in [1.165, 1.54) is 4.90 Å². The normalized spacial score (nSPS) is 17.7. The summed E-state index contributed by atoms with van der Waals surface area (Å²) in [6.45, 7) is 8.51. The molecule has 1 aliphatic carbocycles. The standard InChI is InChI=1S/C43H53N9O7/c1-26-5-10-33(24-35(26)46-39(54)32-19-21-52(22-20-32)42(57)58)29-11-6-27(7-12-29)23-36(40(55)45-34-17-15-30(16-18-34)37-48-50-51-49-37)47-38(53)31-13-8-28(9-14-31)25-44-41(56)59-43(2,3)4/h5-7,10-12,15-18,24,28,31-32,36H,8-9,13-14,19-23,25H2,1-4H3,(H,44,56)(H,45,55)(H,46,54)(H,47,53)(H,57,58)(H,48,49,50,51)/t28-,31-,36-/m0/s1. The van der Waals surface area contributed by atoms with Gasteiger partial charge in [-0.2, -0.15) is 5.21 Å². The second kappa shape index (κ2) is 19.0. The molecule has 6 N–H and O–H groups in total. The second-order valence-corrected chi connectivity index (χ2v) is 16.4. The number of carboxylic acid groups (broad SMARTS) is 1. The Morgan fingerprint density at radius 1 is 0.831 bits per heavy atom. The molecule has 1 saturated carbocycles. The molecule has 1 aromatic heterocycles. The zero-order chi connectivity index (χ0) is 42.1. The van der Waals surface area contributed by atoms with E-state index in [4.69, 9.17) is 4.74 Å². The van der Waals surface area contributed by atoms with Gasteiger partial charge in [0, 0.05) is 54.8 Å². The smallest absolute Gasteiger partial charge is 0.407 e. The number of piperidine rings is 1. The van der Waals surface area contributed by atoms with E-state index >= 15 is 0 Å². The Balaban J connectivity index is 1.10. The summed E-state index contributed by atoms with van der Waals surface area (Å²) in [4.78, 5) is 65.5. The maximum absolute atomic E-state index is 13.9. The molecular formula is C43H53N9O7. The summed E-state index contributed by atoms with van der Waals surface area (Å²) < 4.78 is 5.36. The summed E-state index contributed by atoms with van der Waals surface area (Å²) in [5, 5.41) is 35.2. The lowest BCUT2D eigenvalue weighted by atomic mass is 9.81. The summed E-state index contributed by atoms with van der Waals surface area (Å²) in [5.74, 6) is -0.556. The molecule has 2 fully saturated rings. The molecule has 4 aromatic rings. The van der Waals surface area contributed by atoms with E-state index in [1.54, 1.807) is 24.3 Å². The van der Waals surface area contributed by atoms with Gasteiger partial charge in [0.1, 0.15) is 11.6 Å². The number of alkyl carbamates (subject to hydrolysis) is 1. The van der Waals surface area contributed by atoms with Crippen LogP contribution in [0.3, 0.4) is 0 Å². The first kappa shape index (κ1) is 42.3. The van der Waals surface area contributed by atoms with E-state index in [9.17, 15) is 29.1 Å². The highest BCUT2D eigenvalue weighted by Crippen LogP contribution is 2.30. The summed E-state index contributed by atoms with van der Waals surface area (Å²) in [6, 6.07) is 19.8. The van der Waals surface area contributed by atoms with Gasteiger partial charge in [0.25, 0.3) is 0 Å². The van der Waals surface area contributed by atoms with E-state index in [1.807, 2.05) is 70.2 Å². The number of hydrogen-bond donors (Lipinski definition) is 6. The number of likely N-dealkylation sites (tertiary alicyclic amines) is 1. The number of rotatable bonds is 12. The first-order valence-corrected chi connectivity index (χ1v) is 20.1. The molecule has 0 radical (unpaired) electrons. The average molecular weight is 808 g/mol. The summed E-state index contributed by atoms with van der Waals surface area (Å²) in [7, 11) is 0. The first-order chi connectivity index (χ1) is 28.2. The van der Waals surface area contributed by atoms with E-state index in [-0.39, 0.29) is 41.9 Å². The van der Waals surface area contributed by atoms with Crippen LogP contribution >= 0.6 is 0 Å². The van der Waals surface area contributed by atoms with E-state index < -0.39 is 23.8 Å². The number of carbonyl (C=O) groups excluding carboxylic acids is 4. The van der Waals surface area contributed by atoms with Crippen molar-refractivity contribution in [1.29, 1.82) is 0 Å². The van der Waals surface area contributed by atoms with Gasteiger partial charge in [-0.25, -0.2) is 9.59 Å². The van der Waals surface area contributed by atoms with Crippen molar-refractivity contribution in [3.8, 4) is 22.5 Å². The minimum Gasteiger partial charge on any atom is -0.465 e. The number of anilines is 2. The van der Waals surface area contributed by atoms with Crippen LogP contribution in [-0.4, -0.2) is 91.8 Å². The van der Waals surface area contributed by atoms with Gasteiger partial charge in [-0.1, -0.05) is 36.4 Å². The number of tetrazole rings is 1. The number of aromatic nitrogens is 4. The summed E-state index contributed by atoms with van der Waals surface area (Å²) in [5.41, 5.74) is 4.92. The topological polar surface area (TPSA) is 221 Å². The third-order valence-corrected chi connectivity index (χ3v) is 10.9. The highest BCUT2D eigenvalue weighted by molar-refractivity contribution is 5.98. The monoisotopic (exact) mass is 807 g/mol. The lowest BCUT2D eigenvalue weighted by molar-refractivity contribution is -0.130. The fourth-order valence-corrected chi connectivity index (χ4v) is 7.46. The van der Waals surface area contributed by atoms with Crippen LogP contribution in [0.5, 0.6) is 0 Å². The number of benzene rings is 3. The minimum absolute atomic E-state index is 0.122. The van der Waals surface area contributed by atoms with E-state index in [0.29, 0.717) is 62.5 Å². The van der Waals surface area contributed by atoms with Crippen LogP contribution in [0.15, 0.2) is 66.7 Å². The Kier molecular flexibility index (Phi) is 13.6. The van der Waals surface area contributed by atoms with Crippen LogP contribution in [0.4, 0.5) is 21.0 Å². The Bertz CT molecular complexity index is 2080. The molecular weight excluding hydrogens is 755 g/mol. The highest BCUT2D eigenvalue weighted by Gasteiger charge is 2.31. The molecule has 1 saturated heterocycles. The number of aryl methyl sites for hydroxylation is 1. The molecule has 312 valence electrons. The molecule has 6 rings (SSSR count). The van der Waals surface area contributed by atoms with Gasteiger partial charge in [0.2, 0.25) is 23.5 Å². The molecule has 16 heteroatoms. The molecule has 16 nitrogen and oxygen atoms in total. The molecule has 2 heterocycles. The Hall–Kier alpha value is -6.32. The number of amides is 5. The molecule has 0 unspecified atom stereocenters. The number of carbonyl (C=O) groups is 5. The van der Waals surface area contributed by atoms with Crippen molar-refractivity contribution in [2.24, 2.45) is 17.8 Å². The largest absolute Gasteiger partial charge is 0.465 e. The average Bonchev–Trinajstić information content (AvgIpc) is 3.76. The van der Waals surface area contributed by atoms with Crippen molar-refractivity contribution >= 4 is 41.3 Å². The maximum atomic E-state index is 13.9. The fourth-order valence-electron chi connectivity index (χ4n) is 7.46. The lowest BCUT2D eigenvalue weighted by Gasteiger charge is -2.29. The van der Waals surface area contributed by atoms with Crippen molar-refractivity contribution in [1.82, 2.24) is 36.2 Å². The van der Waals surface area contributed by atoms with Crippen LogP contribution in [0.25, 0.3) is 22.5 Å². The van der Waals surface area contributed by atoms with Gasteiger partial charge in [-0.15, -0.1) is 10.2 Å². The van der Waals surface area contributed by atoms with E-state index in [2.05, 4.69) is 41.9 Å². The molecule has 3 aromatic carbocycles. The van der Waals surface area contributed by atoms with Crippen molar-refractivity contribution in [3.05, 3.63) is 77.9 Å². The van der Waals surface area contributed by atoms with Gasteiger partial charge >= 0.3 is 12.2 Å². The predicted octanol–water partition coefficient (Wildman–Crippen LogP) is 6.17. The second-order valence-electron chi connectivity index (χ2n) is 16.4. The van der Waals surface area contributed by atoms with Gasteiger partial charge in [0.05, 0.1) is 0 Å². The molecule has 59 heavy (non-hydrogen) atoms. The van der Waals surface area contributed by atoms with Crippen LogP contribution in [0.1, 0.15) is 70.4 Å². The van der Waals surface area contributed by atoms with Gasteiger partial charge < -0.3 is 36.0 Å². The van der Waals surface area contributed by atoms with Crippen LogP contribution in [-0.2, 0) is 25.5 Å². The molecule has 0 spiro atoms. The van der Waals surface area contributed by atoms with Crippen molar-refractivity contribution in [2.45, 2.75) is 84.3 Å². The quantitative estimate of drug-likeness (QED) is 0.0956. The molecule has 0 bridgehead atoms. The number of nitrogens with one attached hydrogen (secondary N) is 5. The van der Waals surface area contributed by atoms with Gasteiger partial charge in [0.15, 0.2) is 0 Å². The summed E-state index contributed by atoms with van der Waals surface area (Å²) in [6.07, 6.45) is 2.56. The van der Waals surface area contributed by atoms with Crippen LogP contribution in [0.2, 0.25) is 0 Å². The Morgan fingerprint density at radius 2 is 1.47 bits per heavy atom. The van der Waals surface area contributed by atoms with Gasteiger partial charge in [-0.3, -0.25) is 14.4 Å². The SMILES string of the molecule is Cc1ccc(-c2ccc(C[C@H](NC(=O)[C@H]3CC[C@H](CNC(=O)OC(C)(C)C)CC3)C(=O)Nc3ccc(-c4nn[nH]n4)cc3)cc2)cc1NC(=O)C1CCN(C(=O)O)CC1. The number of ether oxygens (including phenoxy) is 1. The van der Waals surface area contributed by atoms with Crippen LogP contribution < -0.4 is 21.3 Å². The molecule has 1 atom stereocenters. The Labute approximate surface area is 343 Å². The van der Waals surface area contributed by atoms with Crippen molar-refractivity contribution in [3.63, 3.8) is 0 Å². The number of H-pyrrole nitrogens is 1. The maximum Gasteiger partial charge on any atom is 0.407 e. The Morgan fingerprint density at radius 3 is 2.10 bits per heavy atom. The summed E-state index contributed by atoms with van der Waals surface area (Å²) >= 11 is 0. The van der Waals surface area contributed by atoms with Crippen LogP contribution in [0, 0.1) is 24.7 Å². The highest BCUT2D eigenvalue weighted by atomic mass is 16.6. The first-order valence-electron chi connectivity index (χ1n) is 20.1. The third-order valence-electron chi connectivity index (χ3n) is 10.9. The van der Waals surface area contributed by atoms with E-state index in [0.717, 1.165) is 40.7 Å². The molecule has 5 amide bonds. The number of aromatic amines is 1. The number of hydrogen-bond acceptors (Lipinski definition) is 9. The fraction of sp³-hybridized carbons (Fsp3) is 0.442. The zero-order valence-corrected chi connectivity index (χ0v) is 33.9. The predicted molar refractivity (Wildman–Crippen MR) is 221 cm³/mol. The minimum atomic E-state index is -0.965.